The van der Waals surface area contributed by atoms with E-state index >= 15 is 0 Å². The number of aromatic nitrogens is 1. The van der Waals surface area contributed by atoms with E-state index in [4.69, 9.17) is 4.74 Å². The number of ether oxygens (including phenoxy) is 1. The van der Waals surface area contributed by atoms with Crippen molar-refractivity contribution in [3.05, 3.63) is 35.0 Å². The van der Waals surface area contributed by atoms with Crippen molar-refractivity contribution in [2.75, 3.05) is 6.61 Å². The molecule has 0 fully saturated rings. The van der Waals surface area contributed by atoms with Crippen LogP contribution in [0.4, 0.5) is 0 Å². The smallest absolute Gasteiger partial charge is 0.326 e. The van der Waals surface area contributed by atoms with Gasteiger partial charge in [-0.15, -0.1) is 0 Å². The quantitative estimate of drug-likeness (QED) is 0.749. The summed E-state index contributed by atoms with van der Waals surface area (Å²) in [6.07, 6.45) is 0.205. The van der Waals surface area contributed by atoms with Gasteiger partial charge in [0.1, 0.15) is 11.7 Å². The first-order valence-electron chi connectivity index (χ1n) is 8.35. The van der Waals surface area contributed by atoms with E-state index < -0.39 is 17.9 Å². The fourth-order valence-electron chi connectivity index (χ4n) is 2.56. The highest BCUT2D eigenvalue weighted by molar-refractivity contribution is 6.00. The minimum atomic E-state index is -1.08. The molecular formula is C19H26N2O4. The second-order valence-corrected chi connectivity index (χ2v) is 7.27. The molecule has 0 aliphatic rings. The van der Waals surface area contributed by atoms with Crippen molar-refractivity contribution >= 4 is 22.8 Å². The van der Waals surface area contributed by atoms with Crippen LogP contribution in [0.3, 0.4) is 0 Å². The fraction of sp³-hybridized carbons (Fsp3) is 0.474. The second-order valence-electron chi connectivity index (χ2n) is 7.27. The van der Waals surface area contributed by atoms with Crippen LogP contribution >= 0.6 is 0 Å². The van der Waals surface area contributed by atoms with Gasteiger partial charge in [0.05, 0.1) is 5.60 Å². The normalized spacial score (nSPS) is 13.0. The number of nitrogens with one attached hydrogen (secondary N) is 2. The number of rotatable bonds is 6. The van der Waals surface area contributed by atoms with E-state index in [9.17, 15) is 14.7 Å². The van der Waals surface area contributed by atoms with E-state index in [2.05, 4.69) is 10.3 Å². The van der Waals surface area contributed by atoms with Gasteiger partial charge in [0, 0.05) is 23.9 Å². The largest absolute Gasteiger partial charge is 0.480 e. The summed E-state index contributed by atoms with van der Waals surface area (Å²) in [5.41, 5.74) is 3.10. The van der Waals surface area contributed by atoms with Gasteiger partial charge >= 0.3 is 5.97 Å². The molecule has 0 aliphatic carbocycles. The molecule has 25 heavy (non-hydrogen) atoms. The number of aliphatic carboxylic acids is 1. The van der Waals surface area contributed by atoms with Gasteiger partial charge in [0.15, 0.2) is 0 Å². The van der Waals surface area contributed by atoms with Crippen LogP contribution in [0, 0.1) is 13.8 Å². The van der Waals surface area contributed by atoms with Crippen molar-refractivity contribution < 1.29 is 19.4 Å². The number of hydrogen-bond acceptors (Lipinski definition) is 3. The van der Waals surface area contributed by atoms with E-state index in [1.165, 1.54) is 0 Å². The van der Waals surface area contributed by atoms with E-state index in [1.807, 2.05) is 46.8 Å². The van der Waals surface area contributed by atoms with Gasteiger partial charge in [0.2, 0.25) is 0 Å². The van der Waals surface area contributed by atoms with Gasteiger partial charge in [-0.05, 0) is 57.9 Å². The van der Waals surface area contributed by atoms with Crippen molar-refractivity contribution in [2.45, 2.75) is 52.7 Å². The Labute approximate surface area is 147 Å². The highest BCUT2D eigenvalue weighted by atomic mass is 16.5. The maximum Gasteiger partial charge on any atom is 0.326 e. The van der Waals surface area contributed by atoms with E-state index in [0.29, 0.717) is 5.69 Å². The van der Waals surface area contributed by atoms with Crippen LogP contribution in [0.15, 0.2) is 18.2 Å². The van der Waals surface area contributed by atoms with Crippen molar-refractivity contribution in [2.24, 2.45) is 0 Å². The SMILES string of the molecule is Cc1ccc2[nH]c(C(=O)NC(CCOC(C)(C)C)C(=O)O)cc2c1C. The number of aryl methyl sites for hydroxylation is 2. The van der Waals surface area contributed by atoms with Gasteiger partial charge in [-0.1, -0.05) is 6.07 Å². The monoisotopic (exact) mass is 346 g/mol. The Kier molecular flexibility index (Phi) is 5.52. The molecule has 3 N–H and O–H groups in total. The standard InChI is InChI=1S/C19H26N2O4/c1-11-6-7-14-13(12(11)2)10-16(20-14)17(22)21-15(18(23)24)8-9-25-19(3,4)5/h6-7,10,15,20H,8-9H2,1-5H3,(H,21,22)(H,23,24). The van der Waals surface area contributed by atoms with Gasteiger partial charge in [0.25, 0.3) is 5.91 Å². The number of carbonyl (C=O) groups is 2. The van der Waals surface area contributed by atoms with Crippen LogP contribution in [0.25, 0.3) is 10.9 Å². The topological polar surface area (TPSA) is 91.4 Å². The van der Waals surface area contributed by atoms with E-state index in [-0.39, 0.29) is 18.6 Å². The van der Waals surface area contributed by atoms with Crippen LogP contribution in [-0.2, 0) is 9.53 Å². The van der Waals surface area contributed by atoms with Crippen molar-refractivity contribution in [1.82, 2.24) is 10.3 Å². The Morgan fingerprint density at radius 1 is 1.28 bits per heavy atom. The lowest BCUT2D eigenvalue weighted by molar-refractivity contribution is -0.140. The van der Waals surface area contributed by atoms with Crippen LogP contribution in [0.5, 0.6) is 0 Å². The van der Waals surface area contributed by atoms with Crippen molar-refractivity contribution in [1.29, 1.82) is 0 Å². The van der Waals surface area contributed by atoms with Gasteiger partial charge in [-0.2, -0.15) is 0 Å². The molecule has 0 radical (unpaired) electrons. The molecule has 0 saturated heterocycles. The lowest BCUT2D eigenvalue weighted by atomic mass is 10.1. The van der Waals surface area contributed by atoms with Crippen molar-refractivity contribution in [3.8, 4) is 0 Å². The zero-order chi connectivity index (χ0) is 18.8. The molecule has 0 spiro atoms. The Morgan fingerprint density at radius 3 is 2.56 bits per heavy atom. The zero-order valence-corrected chi connectivity index (χ0v) is 15.4. The Bertz CT molecular complexity index is 787. The van der Waals surface area contributed by atoms with Gasteiger partial charge < -0.3 is 20.1 Å². The number of benzene rings is 1. The maximum absolute atomic E-state index is 12.4. The molecule has 6 nitrogen and oxygen atoms in total. The maximum atomic E-state index is 12.4. The number of H-pyrrole nitrogens is 1. The van der Waals surface area contributed by atoms with E-state index in [1.54, 1.807) is 6.07 Å². The molecule has 1 aromatic heterocycles. The summed E-state index contributed by atoms with van der Waals surface area (Å²) >= 11 is 0. The average Bonchev–Trinajstić information content (AvgIpc) is 2.93. The summed E-state index contributed by atoms with van der Waals surface area (Å²) in [6.45, 7) is 9.96. The first-order valence-corrected chi connectivity index (χ1v) is 8.35. The molecule has 136 valence electrons. The number of aromatic amines is 1. The highest BCUT2D eigenvalue weighted by Crippen LogP contribution is 2.22. The summed E-state index contributed by atoms with van der Waals surface area (Å²) < 4.78 is 5.55. The van der Waals surface area contributed by atoms with Crippen LogP contribution in [-0.4, -0.2) is 40.2 Å². The summed E-state index contributed by atoms with van der Waals surface area (Å²) in [5, 5.41) is 12.9. The summed E-state index contributed by atoms with van der Waals surface area (Å²) in [7, 11) is 0. The lowest BCUT2D eigenvalue weighted by Gasteiger charge is -2.21. The Morgan fingerprint density at radius 2 is 1.96 bits per heavy atom. The lowest BCUT2D eigenvalue weighted by Crippen LogP contribution is -2.42. The number of carboxylic acid groups (broad SMARTS) is 1. The number of hydrogen-bond donors (Lipinski definition) is 3. The molecule has 2 aromatic rings. The Balaban J connectivity index is 2.10. The number of amides is 1. The molecule has 1 heterocycles. The summed E-state index contributed by atoms with van der Waals surface area (Å²) in [4.78, 5) is 26.9. The molecule has 6 heteroatoms. The third-order valence-electron chi connectivity index (χ3n) is 4.13. The first-order chi connectivity index (χ1) is 11.6. The molecule has 0 aliphatic heterocycles. The first kappa shape index (κ1) is 19.0. The minimum absolute atomic E-state index is 0.205. The third kappa shape index (κ3) is 4.82. The van der Waals surface area contributed by atoms with Crippen molar-refractivity contribution in [3.63, 3.8) is 0 Å². The number of carbonyl (C=O) groups excluding carboxylic acids is 1. The molecule has 0 bridgehead atoms. The molecule has 1 amide bonds. The minimum Gasteiger partial charge on any atom is -0.480 e. The van der Waals surface area contributed by atoms with Crippen LogP contribution in [0.2, 0.25) is 0 Å². The summed E-state index contributed by atoms with van der Waals surface area (Å²) in [5.74, 6) is -1.51. The molecule has 0 saturated carbocycles. The van der Waals surface area contributed by atoms with Gasteiger partial charge in [-0.25, -0.2) is 4.79 Å². The van der Waals surface area contributed by atoms with Gasteiger partial charge in [-0.3, -0.25) is 4.79 Å². The van der Waals surface area contributed by atoms with E-state index in [0.717, 1.165) is 22.0 Å². The average molecular weight is 346 g/mol. The predicted molar refractivity (Wildman–Crippen MR) is 97.0 cm³/mol. The fourth-order valence-corrected chi connectivity index (χ4v) is 2.56. The molecular weight excluding hydrogens is 320 g/mol. The highest BCUT2D eigenvalue weighted by Gasteiger charge is 2.23. The second kappa shape index (κ2) is 7.27. The zero-order valence-electron chi connectivity index (χ0n) is 15.4. The summed E-state index contributed by atoms with van der Waals surface area (Å²) in [6, 6.07) is 4.67. The molecule has 1 unspecified atom stereocenters. The number of carboxylic acids is 1. The predicted octanol–water partition coefficient (Wildman–Crippen LogP) is 3.17. The molecule has 1 aromatic carbocycles. The number of fused-ring (bicyclic) bond motifs is 1. The molecule has 2 rings (SSSR count). The van der Waals surface area contributed by atoms with Crippen LogP contribution in [0.1, 0.15) is 48.8 Å². The molecule has 1 atom stereocenters. The van der Waals surface area contributed by atoms with Crippen LogP contribution < -0.4 is 5.32 Å². The third-order valence-corrected chi connectivity index (χ3v) is 4.13. The Hall–Kier alpha value is -2.34.